The van der Waals surface area contributed by atoms with Crippen LogP contribution >= 0.6 is 0 Å². The molecule has 142 valence electrons. The molecule has 0 spiro atoms. The predicted octanol–water partition coefficient (Wildman–Crippen LogP) is 2.76. The third-order valence-corrected chi connectivity index (χ3v) is 3.55. The quantitative estimate of drug-likeness (QED) is 0.602. The molecule has 0 aliphatic rings. The zero-order chi connectivity index (χ0) is 19.1. The average Bonchev–Trinajstić information content (AvgIpc) is 2.97. The highest BCUT2D eigenvalue weighted by Crippen LogP contribution is 2.24. The first-order valence-electron chi connectivity index (χ1n) is 8.09. The maximum absolute atomic E-state index is 14.0. The molecule has 0 bridgehead atoms. The number of aryl methyl sites for hydroxylation is 1. The fourth-order valence-electron chi connectivity index (χ4n) is 2.42. The minimum absolute atomic E-state index is 0.0158. The van der Waals surface area contributed by atoms with E-state index in [0.29, 0.717) is 19.0 Å². The highest BCUT2D eigenvalue weighted by Gasteiger charge is 2.14. The van der Waals surface area contributed by atoms with Crippen LogP contribution in [-0.2, 0) is 20.1 Å². The van der Waals surface area contributed by atoms with Crippen molar-refractivity contribution >= 4 is 5.96 Å². The van der Waals surface area contributed by atoms with Crippen molar-refractivity contribution in [3.05, 3.63) is 47.5 Å². The number of guanidine groups is 1. The van der Waals surface area contributed by atoms with E-state index < -0.39 is 12.4 Å². The largest absolute Gasteiger partial charge is 0.434 e. The summed E-state index contributed by atoms with van der Waals surface area (Å²) in [5, 5.41) is 7.21. The van der Waals surface area contributed by atoms with Crippen molar-refractivity contribution < 1.29 is 17.9 Å². The maximum Gasteiger partial charge on any atom is 0.387 e. The topological polar surface area (TPSA) is 54.7 Å². The van der Waals surface area contributed by atoms with Crippen LogP contribution in [-0.4, -0.2) is 40.8 Å². The van der Waals surface area contributed by atoms with Gasteiger partial charge in [-0.1, -0.05) is 6.07 Å². The van der Waals surface area contributed by atoms with Gasteiger partial charge in [-0.15, -0.1) is 0 Å². The standard InChI is InChI=1S/C17H22F3N5O/c1-4-21-17(24(2)10-12-8-23-25(3)11-12)22-9-13-14(18)6-5-7-15(13)26-16(19)20/h5-8,11,16H,4,9-10H2,1-3H3,(H,21,22). The minimum Gasteiger partial charge on any atom is -0.434 e. The number of alkyl halides is 2. The summed E-state index contributed by atoms with van der Waals surface area (Å²) >= 11 is 0. The molecule has 1 aromatic heterocycles. The van der Waals surface area contributed by atoms with Crippen LogP contribution in [0.5, 0.6) is 5.75 Å². The van der Waals surface area contributed by atoms with Crippen molar-refractivity contribution in [2.24, 2.45) is 12.0 Å². The molecule has 0 fully saturated rings. The van der Waals surface area contributed by atoms with E-state index in [-0.39, 0.29) is 17.9 Å². The van der Waals surface area contributed by atoms with Crippen LogP contribution in [0.25, 0.3) is 0 Å². The van der Waals surface area contributed by atoms with Gasteiger partial charge in [0.2, 0.25) is 0 Å². The molecule has 1 heterocycles. The van der Waals surface area contributed by atoms with E-state index in [2.05, 4.69) is 20.1 Å². The van der Waals surface area contributed by atoms with Crippen molar-refractivity contribution in [3.8, 4) is 5.75 Å². The highest BCUT2D eigenvalue weighted by molar-refractivity contribution is 5.79. The molecule has 2 aromatic rings. The lowest BCUT2D eigenvalue weighted by Crippen LogP contribution is -2.38. The summed E-state index contributed by atoms with van der Waals surface area (Å²) in [5.74, 6) is -0.338. The summed E-state index contributed by atoms with van der Waals surface area (Å²) < 4.78 is 45.2. The second-order valence-corrected chi connectivity index (χ2v) is 5.64. The van der Waals surface area contributed by atoms with E-state index >= 15 is 0 Å². The lowest BCUT2D eigenvalue weighted by molar-refractivity contribution is -0.0506. The fraction of sp³-hybridized carbons (Fsp3) is 0.412. The van der Waals surface area contributed by atoms with Crippen LogP contribution in [0.4, 0.5) is 13.2 Å². The van der Waals surface area contributed by atoms with Gasteiger partial charge in [0, 0.05) is 38.9 Å². The second-order valence-electron chi connectivity index (χ2n) is 5.64. The SMILES string of the molecule is CCNC(=NCc1c(F)cccc1OC(F)F)N(C)Cc1cnn(C)c1. The molecule has 0 saturated heterocycles. The zero-order valence-electron chi connectivity index (χ0n) is 14.9. The number of halogens is 3. The number of aliphatic imine (C=N–C) groups is 1. The monoisotopic (exact) mass is 369 g/mol. The lowest BCUT2D eigenvalue weighted by Gasteiger charge is -2.21. The highest BCUT2D eigenvalue weighted by atomic mass is 19.3. The zero-order valence-corrected chi connectivity index (χ0v) is 14.9. The van der Waals surface area contributed by atoms with Gasteiger partial charge in [0.25, 0.3) is 0 Å². The normalized spacial score (nSPS) is 11.7. The number of nitrogens with one attached hydrogen (secondary N) is 1. The molecule has 0 saturated carbocycles. The predicted molar refractivity (Wildman–Crippen MR) is 92.5 cm³/mol. The Morgan fingerprint density at radius 3 is 2.81 bits per heavy atom. The van der Waals surface area contributed by atoms with Crippen molar-refractivity contribution in [1.29, 1.82) is 0 Å². The molecule has 1 N–H and O–H groups in total. The van der Waals surface area contributed by atoms with Crippen LogP contribution < -0.4 is 10.1 Å². The number of benzene rings is 1. The van der Waals surface area contributed by atoms with Crippen LogP contribution in [0.1, 0.15) is 18.1 Å². The molecule has 0 atom stereocenters. The minimum atomic E-state index is -3.03. The molecule has 2 rings (SSSR count). The van der Waals surface area contributed by atoms with Crippen molar-refractivity contribution in [3.63, 3.8) is 0 Å². The van der Waals surface area contributed by atoms with Crippen LogP contribution in [0, 0.1) is 5.82 Å². The van der Waals surface area contributed by atoms with Gasteiger partial charge in [0.05, 0.1) is 18.3 Å². The molecular formula is C17H22F3N5O. The Morgan fingerprint density at radius 2 is 2.19 bits per heavy atom. The molecule has 1 aromatic carbocycles. The fourth-order valence-corrected chi connectivity index (χ4v) is 2.42. The number of ether oxygens (including phenoxy) is 1. The Kier molecular flexibility index (Phi) is 6.88. The average molecular weight is 369 g/mol. The number of hydrogen-bond acceptors (Lipinski definition) is 3. The van der Waals surface area contributed by atoms with Gasteiger partial charge >= 0.3 is 6.61 Å². The molecule has 0 amide bonds. The Morgan fingerprint density at radius 1 is 1.42 bits per heavy atom. The second kappa shape index (κ2) is 9.12. The summed E-state index contributed by atoms with van der Waals surface area (Å²) in [5.41, 5.74) is 0.964. The van der Waals surface area contributed by atoms with Gasteiger partial charge in [-0.3, -0.25) is 4.68 Å². The summed E-state index contributed by atoms with van der Waals surface area (Å²) in [4.78, 5) is 6.20. The number of nitrogens with zero attached hydrogens (tertiary/aromatic N) is 4. The number of rotatable bonds is 7. The maximum atomic E-state index is 14.0. The van der Waals surface area contributed by atoms with Gasteiger partial charge in [-0.2, -0.15) is 13.9 Å². The van der Waals surface area contributed by atoms with Crippen molar-refractivity contribution in [2.75, 3.05) is 13.6 Å². The van der Waals surface area contributed by atoms with E-state index in [1.807, 2.05) is 32.1 Å². The smallest absolute Gasteiger partial charge is 0.387 e. The van der Waals surface area contributed by atoms with Crippen LogP contribution in [0.15, 0.2) is 35.6 Å². The molecule has 26 heavy (non-hydrogen) atoms. The third-order valence-electron chi connectivity index (χ3n) is 3.55. The summed E-state index contributed by atoms with van der Waals surface area (Å²) in [6, 6.07) is 3.81. The first-order chi connectivity index (χ1) is 12.4. The van der Waals surface area contributed by atoms with E-state index in [4.69, 9.17) is 0 Å². The Hall–Kier alpha value is -2.71. The number of aromatic nitrogens is 2. The molecule has 0 aliphatic heterocycles. The van der Waals surface area contributed by atoms with Crippen molar-refractivity contribution in [1.82, 2.24) is 20.0 Å². The third kappa shape index (κ3) is 5.40. The van der Waals surface area contributed by atoms with Gasteiger partial charge in [-0.05, 0) is 19.1 Å². The summed E-state index contributed by atoms with van der Waals surface area (Å²) in [6.45, 7) is -0.109. The summed E-state index contributed by atoms with van der Waals surface area (Å²) in [6.07, 6.45) is 3.62. The van der Waals surface area contributed by atoms with E-state index in [1.54, 1.807) is 10.9 Å². The van der Waals surface area contributed by atoms with Crippen LogP contribution in [0.2, 0.25) is 0 Å². The first-order valence-corrected chi connectivity index (χ1v) is 8.09. The first kappa shape index (κ1) is 19.6. The molecule has 0 radical (unpaired) electrons. The van der Waals surface area contributed by atoms with Gasteiger partial charge in [0.15, 0.2) is 5.96 Å². The van der Waals surface area contributed by atoms with Gasteiger partial charge in [-0.25, -0.2) is 9.38 Å². The van der Waals surface area contributed by atoms with Crippen LogP contribution in [0.3, 0.4) is 0 Å². The molecule has 0 aliphatic carbocycles. The lowest BCUT2D eigenvalue weighted by atomic mass is 10.2. The molecule has 6 nitrogen and oxygen atoms in total. The Bertz CT molecular complexity index is 748. The molecular weight excluding hydrogens is 347 g/mol. The van der Waals surface area contributed by atoms with Gasteiger partial charge in [0.1, 0.15) is 11.6 Å². The van der Waals surface area contributed by atoms with E-state index in [9.17, 15) is 13.2 Å². The van der Waals surface area contributed by atoms with E-state index in [1.165, 1.54) is 18.2 Å². The van der Waals surface area contributed by atoms with Crippen molar-refractivity contribution in [2.45, 2.75) is 26.6 Å². The van der Waals surface area contributed by atoms with Gasteiger partial charge < -0.3 is 15.0 Å². The number of hydrogen-bond donors (Lipinski definition) is 1. The Balaban J connectivity index is 2.18. The van der Waals surface area contributed by atoms with E-state index in [0.717, 1.165) is 5.56 Å². The summed E-state index contributed by atoms with van der Waals surface area (Å²) in [7, 11) is 3.65. The molecule has 0 unspecified atom stereocenters. The Labute approximate surface area is 150 Å². The molecule has 9 heteroatoms.